The molecule has 3 heteroatoms. The van der Waals surface area contributed by atoms with Crippen LogP contribution in [0.25, 0.3) is 0 Å². The van der Waals surface area contributed by atoms with Crippen LogP contribution >= 0.6 is 0 Å². The fourth-order valence-corrected chi connectivity index (χ4v) is 4.93. The van der Waals surface area contributed by atoms with Crippen molar-refractivity contribution in [2.24, 2.45) is 0 Å². The maximum absolute atomic E-state index is 10.0. The Kier molecular flexibility index (Phi) is 5.79. The van der Waals surface area contributed by atoms with Crippen LogP contribution in [0.3, 0.4) is 0 Å². The van der Waals surface area contributed by atoms with Gasteiger partial charge < -0.3 is 4.74 Å². The van der Waals surface area contributed by atoms with E-state index < -0.39 is 0 Å². The van der Waals surface area contributed by atoms with Gasteiger partial charge in [0.15, 0.2) is 0 Å². The van der Waals surface area contributed by atoms with E-state index in [9.17, 15) is 10.5 Å². The first-order valence-corrected chi connectivity index (χ1v) is 10.9. The quantitative estimate of drug-likeness (QED) is 0.451. The van der Waals surface area contributed by atoms with Crippen LogP contribution in [0.2, 0.25) is 0 Å². The Hall–Kier alpha value is -3.56. The van der Waals surface area contributed by atoms with Crippen LogP contribution in [0, 0.1) is 29.6 Å². The number of unbranched alkanes of at least 4 members (excludes halogenated alkanes) is 1. The molecule has 0 fully saturated rings. The molecule has 4 rings (SSSR count). The van der Waals surface area contributed by atoms with E-state index in [4.69, 9.17) is 4.74 Å². The van der Waals surface area contributed by atoms with Crippen LogP contribution in [-0.4, -0.2) is 6.61 Å². The zero-order valence-corrected chi connectivity index (χ0v) is 18.3. The summed E-state index contributed by atoms with van der Waals surface area (Å²) in [6.07, 6.45) is 1.90. The lowest BCUT2D eigenvalue weighted by Crippen LogP contribution is -2.22. The molecular weight excluding hydrogens is 380 g/mol. The maximum Gasteiger partial charge on any atom is 0.142 e. The van der Waals surface area contributed by atoms with Crippen LogP contribution in [0.4, 0.5) is 0 Å². The fraction of sp³-hybridized carbons (Fsp3) is 0.286. The molecule has 0 saturated heterocycles. The summed E-state index contributed by atoms with van der Waals surface area (Å²) >= 11 is 0. The zero-order valence-electron chi connectivity index (χ0n) is 18.3. The highest BCUT2D eigenvalue weighted by molar-refractivity contribution is 5.71. The lowest BCUT2D eigenvalue weighted by atomic mass is 9.68. The molecule has 2 atom stereocenters. The van der Waals surface area contributed by atoms with E-state index in [0.29, 0.717) is 23.5 Å². The molecule has 0 N–H and O–H groups in total. The molecule has 0 aliphatic heterocycles. The van der Waals surface area contributed by atoms with Gasteiger partial charge >= 0.3 is 0 Å². The molecule has 1 aliphatic carbocycles. The molecule has 154 valence electrons. The Morgan fingerprint density at radius 3 is 2.16 bits per heavy atom. The summed E-state index contributed by atoms with van der Waals surface area (Å²) in [6, 6.07) is 23.5. The second-order valence-corrected chi connectivity index (χ2v) is 8.15. The Morgan fingerprint density at radius 2 is 1.52 bits per heavy atom. The molecule has 0 radical (unpaired) electrons. The number of hydrogen-bond acceptors (Lipinski definition) is 3. The molecule has 3 nitrogen and oxygen atoms in total. The second-order valence-electron chi connectivity index (χ2n) is 8.15. The van der Waals surface area contributed by atoms with Gasteiger partial charge in [0, 0.05) is 17.4 Å². The van der Waals surface area contributed by atoms with Gasteiger partial charge in [-0.1, -0.05) is 74.9 Å². The molecule has 3 aromatic carbocycles. The predicted octanol–water partition coefficient (Wildman–Crippen LogP) is 6.56. The average molecular weight is 407 g/mol. The van der Waals surface area contributed by atoms with Gasteiger partial charge in [-0.25, -0.2) is 0 Å². The van der Waals surface area contributed by atoms with Crippen LogP contribution in [0.1, 0.15) is 83.0 Å². The number of fused-ring (bicyclic) bond motifs is 2. The Morgan fingerprint density at radius 1 is 0.871 bits per heavy atom. The van der Waals surface area contributed by atoms with Crippen LogP contribution in [-0.2, 0) is 0 Å². The molecule has 0 bridgehead atoms. The van der Waals surface area contributed by atoms with E-state index in [0.717, 1.165) is 35.1 Å². The van der Waals surface area contributed by atoms with E-state index in [1.165, 1.54) is 11.1 Å². The minimum atomic E-state index is -0.0428. The van der Waals surface area contributed by atoms with Gasteiger partial charge in [-0.15, -0.1) is 0 Å². The fourth-order valence-electron chi connectivity index (χ4n) is 4.93. The van der Waals surface area contributed by atoms with Crippen molar-refractivity contribution >= 4 is 0 Å². The van der Waals surface area contributed by atoms with Gasteiger partial charge in [-0.2, -0.15) is 10.5 Å². The molecule has 0 aromatic heterocycles. The van der Waals surface area contributed by atoms with Crippen molar-refractivity contribution in [3.8, 4) is 17.9 Å². The first-order chi connectivity index (χ1) is 15.1. The highest BCUT2D eigenvalue weighted by Gasteiger charge is 2.37. The smallest absolute Gasteiger partial charge is 0.142 e. The van der Waals surface area contributed by atoms with Gasteiger partial charge in [-0.3, -0.25) is 0 Å². The predicted molar refractivity (Wildman–Crippen MR) is 122 cm³/mol. The minimum absolute atomic E-state index is 0.0428. The highest BCUT2D eigenvalue weighted by Crippen LogP contribution is 2.52. The van der Waals surface area contributed by atoms with Gasteiger partial charge in [0.1, 0.15) is 23.5 Å². The van der Waals surface area contributed by atoms with Crippen molar-refractivity contribution in [2.45, 2.75) is 45.4 Å². The van der Waals surface area contributed by atoms with E-state index in [1.54, 1.807) is 0 Å². The number of rotatable bonds is 5. The maximum atomic E-state index is 10.0. The Labute approximate surface area is 184 Å². The lowest BCUT2D eigenvalue weighted by molar-refractivity contribution is 0.304. The lowest BCUT2D eigenvalue weighted by Gasteiger charge is -2.36. The van der Waals surface area contributed by atoms with E-state index >= 15 is 0 Å². The van der Waals surface area contributed by atoms with E-state index in [-0.39, 0.29) is 11.8 Å². The van der Waals surface area contributed by atoms with E-state index in [1.807, 2.05) is 13.0 Å². The summed E-state index contributed by atoms with van der Waals surface area (Å²) in [5.74, 6) is 0.654. The van der Waals surface area contributed by atoms with Crippen molar-refractivity contribution in [2.75, 3.05) is 6.61 Å². The topological polar surface area (TPSA) is 56.8 Å². The van der Waals surface area contributed by atoms with Crippen molar-refractivity contribution in [1.29, 1.82) is 10.5 Å². The molecule has 3 aromatic rings. The van der Waals surface area contributed by atoms with Crippen molar-refractivity contribution in [1.82, 2.24) is 0 Å². The largest absolute Gasteiger partial charge is 0.492 e. The summed E-state index contributed by atoms with van der Waals surface area (Å²) in [5.41, 5.74) is 7.52. The number of nitriles is 2. The summed E-state index contributed by atoms with van der Waals surface area (Å²) < 4.78 is 6.31. The van der Waals surface area contributed by atoms with Gasteiger partial charge in [-0.05, 0) is 41.2 Å². The standard InChI is InChI=1S/C28H26N2O/c1-4-5-15-31-28-24(17-30)23(16-29)19(3)25-18(2)21-13-9-10-14-22(21)26(27(25)28)20-11-7-6-8-12-20/h6-14,18,26H,4-5,15H2,1-3H3. The van der Waals surface area contributed by atoms with Gasteiger partial charge in [0.05, 0.1) is 12.2 Å². The van der Waals surface area contributed by atoms with Crippen molar-refractivity contribution in [3.63, 3.8) is 0 Å². The van der Waals surface area contributed by atoms with Crippen LogP contribution in [0.5, 0.6) is 5.75 Å². The van der Waals surface area contributed by atoms with Crippen LogP contribution < -0.4 is 4.74 Å². The van der Waals surface area contributed by atoms with Crippen molar-refractivity contribution < 1.29 is 4.74 Å². The second kappa shape index (κ2) is 8.66. The van der Waals surface area contributed by atoms with Crippen molar-refractivity contribution in [3.05, 3.63) is 99.1 Å². The highest BCUT2D eigenvalue weighted by atomic mass is 16.5. The number of nitrogens with zero attached hydrogens (tertiary/aromatic N) is 2. The first kappa shape index (κ1) is 20.7. The molecule has 0 spiro atoms. The summed E-state index contributed by atoms with van der Waals surface area (Å²) in [6.45, 7) is 6.81. The summed E-state index contributed by atoms with van der Waals surface area (Å²) in [4.78, 5) is 0. The molecule has 2 unspecified atom stereocenters. The molecular formula is C28H26N2O. The molecule has 0 saturated carbocycles. The Balaban J connectivity index is 2.10. The monoisotopic (exact) mass is 406 g/mol. The zero-order chi connectivity index (χ0) is 22.0. The third kappa shape index (κ3) is 3.37. The minimum Gasteiger partial charge on any atom is -0.492 e. The number of ether oxygens (including phenoxy) is 1. The Bertz CT molecular complexity index is 1200. The first-order valence-electron chi connectivity index (χ1n) is 10.9. The van der Waals surface area contributed by atoms with Gasteiger partial charge in [0.2, 0.25) is 0 Å². The van der Waals surface area contributed by atoms with Crippen LogP contribution in [0.15, 0.2) is 54.6 Å². The molecule has 31 heavy (non-hydrogen) atoms. The molecule has 1 aliphatic rings. The average Bonchev–Trinajstić information content (AvgIpc) is 2.80. The van der Waals surface area contributed by atoms with Gasteiger partial charge in [0.25, 0.3) is 0 Å². The third-order valence-electron chi connectivity index (χ3n) is 6.39. The summed E-state index contributed by atoms with van der Waals surface area (Å²) in [7, 11) is 0. The third-order valence-corrected chi connectivity index (χ3v) is 6.39. The molecule has 0 amide bonds. The SMILES string of the molecule is CCCCOc1c(C#N)c(C#N)c(C)c2c1C(c1ccccc1)c1ccccc1C2C. The molecule has 0 heterocycles. The normalized spacial score (nSPS) is 16.5. The summed E-state index contributed by atoms with van der Waals surface area (Å²) in [5, 5.41) is 20.0. The van der Waals surface area contributed by atoms with E-state index in [2.05, 4.69) is 74.5 Å². The number of hydrogen-bond donors (Lipinski definition) is 0. The number of benzene rings is 3.